The molecular weight excluding hydrogens is 308 g/mol. The van der Waals surface area contributed by atoms with E-state index < -0.39 is 0 Å². The fourth-order valence-electron chi connectivity index (χ4n) is 1.66. The molecule has 0 saturated heterocycles. The van der Waals surface area contributed by atoms with Crippen LogP contribution in [0.25, 0.3) is 11.0 Å². The van der Waals surface area contributed by atoms with Crippen molar-refractivity contribution in [2.45, 2.75) is 19.6 Å². The first kappa shape index (κ1) is 13.9. The zero-order valence-corrected chi connectivity index (χ0v) is 14.0. The fraction of sp³-hybridized carbons (Fsp3) is 0.400. The van der Waals surface area contributed by atoms with E-state index in [4.69, 9.17) is 0 Å². The van der Waals surface area contributed by atoms with Crippen LogP contribution in [-0.4, -0.2) is 33.8 Å². The predicted molar refractivity (Wildman–Crippen MR) is 84.5 cm³/mol. The molecule has 0 bridgehead atoms. The Balaban J connectivity index is 2.89. The Kier molecular flexibility index (Phi) is 4.94. The minimum absolute atomic E-state index is 1.06. The van der Waals surface area contributed by atoms with Gasteiger partial charge in [-0.1, -0.05) is 0 Å². The molecule has 0 fully saturated rings. The highest BCUT2D eigenvalue weighted by Gasteiger charge is 2.20. The predicted octanol–water partition coefficient (Wildman–Crippen LogP) is 4.58. The molecule has 17 heavy (non-hydrogen) atoms. The minimum Gasteiger partial charge on any atom is -0.172 e. The molecule has 1 heterocycles. The van der Waals surface area contributed by atoms with E-state index >= 15 is 0 Å². The van der Waals surface area contributed by atoms with E-state index in [1.54, 1.807) is 47.0 Å². The Morgan fingerprint density at radius 2 is 1.00 bits per heavy atom. The first-order valence-corrected chi connectivity index (χ1v) is 10.4. The molecule has 0 aliphatic heterocycles. The van der Waals surface area contributed by atoms with E-state index in [-0.39, 0.29) is 0 Å². The van der Waals surface area contributed by atoms with Gasteiger partial charge in [0, 0.05) is 9.79 Å². The maximum absolute atomic E-state index is 4.46. The normalized spacial score (nSPS) is 11.3. The van der Waals surface area contributed by atoms with Gasteiger partial charge in [-0.05, 0) is 25.0 Å². The van der Waals surface area contributed by atoms with Crippen molar-refractivity contribution in [2.24, 2.45) is 0 Å². The monoisotopic (exact) mass is 320 g/mol. The lowest BCUT2D eigenvalue weighted by molar-refractivity contribution is 1.07. The van der Waals surface area contributed by atoms with Crippen LogP contribution in [0.1, 0.15) is 0 Å². The third-order valence-corrected chi connectivity index (χ3v) is 6.51. The van der Waals surface area contributed by atoms with Gasteiger partial charge in [-0.25, -0.2) is 0 Å². The van der Waals surface area contributed by atoms with Gasteiger partial charge in [0.2, 0.25) is 0 Å². The Labute approximate surface area is 122 Å². The van der Waals surface area contributed by atoms with Crippen molar-refractivity contribution in [1.29, 1.82) is 0 Å². The second-order valence-electron chi connectivity index (χ2n) is 3.09. The second-order valence-corrected chi connectivity index (χ2v) is 6.89. The third-order valence-electron chi connectivity index (χ3n) is 2.35. The molecule has 1 aromatic heterocycles. The summed E-state index contributed by atoms with van der Waals surface area (Å²) < 4.78 is 8.91. The quantitative estimate of drug-likeness (QED) is 0.765. The first-order chi connectivity index (χ1) is 8.28. The molecule has 0 saturated carbocycles. The van der Waals surface area contributed by atoms with Crippen molar-refractivity contribution in [2.75, 3.05) is 25.0 Å². The SMILES string of the molecule is CSc1c(SC)c(SC)c2nsnc2c1SC. The van der Waals surface area contributed by atoms with Crippen molar-refractivity contribution >= 4 is 69.8 Å². The van der Waals surface area contributed by atoms with E-state index in [2.05, 4.69) is 33.8 Å². The largest absolute Gasteiger partial charge is 0.172 e. The first-order valence-electron chi connectivity index (χ1n) is 4.76. The second kappa shape index (κ2) is 6.06. The molecule has 0 amide bonds. The van der Waals surface area contributed by atoms with Crippen molar-refractivity contribution in [3.8, 4) is 0 Å². The lowest BCUT2D eigenvalue weighted by Crippen LogP contribution is -1.90. The lowest BCUT2D eigenvalue weighted by atomic mass is 10.3. The molecule has 2 aromatic rings. The van der Waals surface area contributed by atoms with Crippen molar-refractivity contribution < 1.29 is 0 Å². The highest BCUT2D eigenvalue weighted by molar-refractivity contribution is 8.04. The number of aromatic nitrogens is 2. The van der Waals surface area contributed by atoms with Crippen LogP contribution in [0.4, 0.5) is 0 Å². The van der Waals surface area contributed by atoms with Gasteiger partial charge < -0.3 is 0 Å². The molecule has 0 unspecified atom stereocenters. The molecule has 0 aliphatic carbocycles. The van der Waals surface area contributed by atoms with Crippen molar-refractivity contribution in [3.63, 3.8) is 0 Å². The molecule has 0 N–H and O–H groups in total. The number of thioether (sulfide) groups is 4. The van der Waals surface area contributed by atoms with E-state index in [9.17, 15) is 0 Å². The highest BCUT2D eigenvalue weighted by atomic mass is 32.2. The zero-order valence-electron chi connectivity index (χ0n) is 9.94. The van der Waals surface area contributed by atoms with Gasteiger partial charge in [0.1, 0.15) is 11.0 Å². The van der Waals surface area contributed by atoms with Crippen LogP contribution in [0, 0.1) is 0 Å². The van der Waals surface area contributed by atoms with Gasteiger partial charge in [0.05, 0.1) is 21.5 Å². The Hall–Kier alpha value is 0.440. The van der Waals surface area contributed by atoms with E-state index in [0.29, 0.717) is 0 Å². The summed E-state index contributed by atoms with van der Waals surface area (Å²) >= 11 is 8.43. The van der Waals surface area contributed by atoms with Gasteiger partial charge in [-0.15, -0.1) is 47.0 Å². The van der Waals surface area contributed by atoms with Crippen LogP contribution in [0.15, 0.2) is 19.6 Å². The van der Waals surface area contributed by atoms with Crippen LogP contribution < -0.4 is 0 Å². The average Bonchev–Trinajstić information content (AvgIpc) is 2.84. The summed E-state index contributed by atoms with van der Waals surface area (Å²) in [4.78, 5) is 5.22. The van der Waals surface area contributed by atoms with Crippen LogP contribution >= 0.6 is 58.8 Å². The van der Waals surface area contributed by atoms with Crippen LogP contribution in [0.2, 0.25) is 0 Å². The Morgan fingerprint density at radius 1 is 0.647 bits per heavy atom. The summed E-state index contributed by atoms with van der Waals surface area (Å²) in [5.74, 6) is 0. The molecule has 0 atom stereocenters. The number of nitrogens with zero attached hydrogens (tertiary/aromatic N) is 2. The van der Waals surface area contributed by atoms with Gasteiger partial charge in [0.15, 0.2) is 0 Å². The zero-order chi connectivity index (χ0) is 12.4. The molecule has 7 heteroatoms. The number of rotatable bonds is 4. The number of benzene rings is 1. The van der Waals surface area contributed by atoms with E-state index in [1.165, 1.54) is 31.3 Å². The molecule has 92 valence electrons. The third kappa shape index (κ3) is 2.32. The van der Waals surface area contributed by atoms with Crippen molar-refractivity contribution in [1.82, 2.24) is 8.75 Å². The smallest absolute Gasteiger partial charge is 0.120 e. The summed E-state index contributed by atoms with van der Waals surface area (Å²) in [7, 11) is 0. The molecule has 2 rings (SSSR count). The van der Waals surface area contributed by atoms with Crippen LogP contribution in [0.5, 0.6) is 0 Å². The molecule has 1 aromatic carbocycles. The fourth-order valence-corrected chi connectivity index (χ4v) is 6.35. The Bertz CT molecular complexity index is 491. The molecule has 2 nitrogen and oxygen atoms in total. The van der Waals surface area contributed by atoms with Crippen LogP contribution in [-0.2, 0) is 0 Å². The number of fused-ring (bicyclic) bond motifs is 1. The van der Waals surface area contributed by atoms with Gasteiger partial charge in [0.25, 0.3) is 0 Å². The van der Waals surface area contributed by atoms with Crippen molar-refractivity contribution in [3.05, 3.63) is 0 Å². The Morgan fingerprint density at radius 3 is 1.29 bits per heavy atom. The summed E-state index contributed by atoms with van der Waals surface area (Å²) in [6.07, 6.45) is 8.47. The molecular formula is C10H12N2S5. The topological polar surface area (TPSA) is 25.8 Å². The van der Waals surface area contributed by atoms with Gasteiger partial charge in [-0.2, -0.15) is 8.75 Å². The lowest BCUT2D eigenvalue weighted by Gasteiger charge is -2.14. The number of hydrogen-bond donors (Lipinski definition) is 0. The molecule has 0 spiro atoms. The number of hydrogen-bond acceptors (Lipinski definition) is 7. The summed E-state index contributed by atoms with van der Waals surface area (Å²) in [6.45, 7) is 0. The summed E-state index contributed by atoms with van der Waals surface area (Å²) in [5.41, 5.74) is 2.13. The highest BCUT2D eigenvalue weighted by Crippen LogP contribution is 2.46. The maximum atomic E-state index is 4.46. The minimum atomic E-state index is 1.06. The summed E-state index contributed by atoms with van der Waals surface area (Å²) in [6, 6.07) is 0. The molecule has 0 radical (unpaired) electrons. The van der Waals surface area contributed by atoms with E-state index in [0.717, 1.165) is 11.0 Å². The standard InChI is InChI=1S/C10H12N2S5/c1-13-7-5-6(12-17-11-5)8(14-2)10(16-4)9(7)15-3/h1-4H3. The summed E-state index contributed by atoms with van der Waals surface area (Å²) in [5, 5.41) is 0. The van der Waals surface area contributed by atoms with Crippen LogP contribution in [0.3, 0.4) is 0 Å². The van der Waals surface area contributed by atoms with Gasteiger partial charge in [-0.3, -0.25) is 0 Å². The molecule has 0 aliphatic rings. The maximum Gasteiger partial charge on any atom is 0.120 e. The average molecular weight is 321 g/mol. The van der Waals surface area contributed by atoms with E-state index in [1.807, 2.05) is 0 Å². The van der Waals surface area contributed by atoms with Gasteiger partial charge >= 0.3 is 0 Å².